The zero-order chi connectivity index (χ0) is 15.3. The van der Waals surface area contributed by atoms with E-state index < -0.39 is 12.1 Å². The molecule has 21 heavy (non-hydrogen) atoms. The van der Waals surface area contributed by atoms with E-state index in [1.54, 1.807) is 0 Å². The summed E-state index contributed by atoms with van der Waals surface area (Å²) in [5.41, 5.74) is -0.0113. The first-order chi connectivity index (χ1) is 9.95. The average Bonchev–Trinajstić information content (AvgIpc) is 2.87. The summed E-state index contributed by atoms with van der Waals surface area (Å²) in [6.45, 7) is 6.95. The Labute approximate surface area is 125 Å². The highest BCUT2D eigenvalue weighted by molar-refractivity contribution is 4.90. The number of alkyl halides is 3. The van der Waals surface area contributed by atoms with E-state index in [-0.39, 0.29) is 18.4 Å². The molecule has 3 nitrogen and oxygen atoms in total. The lowest BCUT2D eigenvalue weighted by Crippen LogP contribution is -2.49. The number of piperidine rings is 1. The zero-order valence-electron chi connectivity index (χ0n) is 12.8. The third kappa shape index (κ3) is 4.83. The van der Waals surface area contributed by atoms with Gasteiger partial charge in [0.2, 0.25) is 0 Å². The summed E-state index contributed by atoms with van der Waals surface area (Å²) in [4.78, 5) is 2.00. The van der Waals surface area contributed by atoms with Crippen LogP contribution in [0.2, 0.25) is 0 Å². The van der Waals surface area contributed by atoms with Crippen molar-refractivity contribution in [1.29, 1.82) is 0 Å². The highest BCUT2D eigenvalue weighted by Gasteiger charge is 2.44. The van der Waals surface area contributed by atoms with E-state index in [0.29, 0.717) is 13.0 Å². The van der Waals surface area contributed by atoms with Crippen molar-refractivity contribution in [3.8, 4) is 0 Å². The molecule has 0 radical (unpaired) electrons. The van der Waals surface area contributed by atoms with Crippen LogP contribution in [0, 0.1) is 11.3 Å². The number of likely N-dealkylation sites (tertiary alicyclic amines) is 1. The maximum absolute atomic E-state index is 12.9. The molecule has 0 aromatic rings. The van der Waals surface area contributed by atoms with Gasteiger partial charge in [-0.2, -0.15) is 13.2 Å². The normalized spacial score (nSPS) is 31.7. The van der Waals surface area contributed by atoms with Crippen LogP contribution in [0.15, 0.2) is 0 Å². The van der Waals surface area contributed by atoms with Crippen LogP contribution in [0.4, 0.5) is 13.2 Å². The summed E-state index contributed by atoms with van der Waals surface area (Å²) in [7, 11) is 0. The van der Waals surface area contributed by atoms with Crippen LogP contribution < -0.4 is 5.32 Å². The molecule has 0 saturated carbocycles. The number of hydrogen-bond donors (Lipinski definition) is 1. The molecule has 2 saturated heterocycles. The first-order valence-corrected chi connectivity index (χ1v) is 8.03. The average molecular weight is 308 g/mol. The molecule has 2 heterocycles. The first kappa shape index (κ1) is 17.0. The van der Waals surface area contributed by atoms with Crippen LogP contribution in [0.5, 0.6) is 0 Å². The van der Waals surface area contributed by atoms with E-state index in [9.17, 15) is 13.2 Å². The minimum atomic E-state index is -4.06. The van der Waals surface area contributed by atoms with Gasteiger partial charge in [-0.05, 0) is 38.8 Å². The van der Waals surface area contributed by atoms with Crippen molar-refractivity contribution in [2.24, 2.45) is 11.3 Å². The fourth-order valence-corrected chi connectivity index (χ4v) is 3.44. The Morgan fingerprint density at radius 2 is 2.19 bits per heavy atom. The molecule has 2 aliphatic rings. The van der Waals surface area contributed by atoms with Gasteiger partial charge in [0.15, 0.2) is 0 Å². The Morgan fingerprint density at radius 3 is 2.81 bits per heavy atom. The predicted octanol–water partition coefficient (Wildman–Crippen LogP) is 2.67. The molecule has 2 atom stereocenters. The molecule has 0 aliphatic carbocycles. The van der Waals surface area contributed by atoms with Crippen LogP contribution >= 0.6 is 0 Å². The molecule has 2 unspecified atom stereocenters. The monoisotopic (exact) mass is 308 g/mol. The summed E-state index contributed by atoms with van der Waals surface area (Å²) in [6, 6.07) is 0. The van der Waals surface area contributed by atoms with Crippen LogP contribution in [-0.4, -0.2) is 57.0 Å². The van der Waals surface area contributed by atoms with Gasteiger partial charge in [0.25, 0.3) is 0 Å². The van der Waals surface area contributed by atoms with Crippen molar-refractivity contribution >= 4 is 0 Å². The van der Waals surface area contributed by atoms with Gasteiger partial charge < -0.3 is 15.0 Å². The second kappa shape index (κ2) is 7.29. The van der Waals surface area contributed by atoms with E-state index in [2.05, 4.69) is 12.2 Å². The fourth-order valence-electron chi connectivity index (χ4n) is 3.44. The van der Waals surface area contributed by atoms with Crippen LogP contribution in [0.1, 0.15) is 32.6 Å². The number of halogens is 3. The Balaban J connectivity index is 1.90. The number of nitrogens with zero attached hydrogens (tertiary/aromatic N) is 1. The van der Waals surface area contributed by atoms with Crippen LogP contribution in [0.3, 0.4) is 0 Å². The van der Waals surface area contributed by atoms with E-state index in [0.717, 1.165) is 45.6 Å². The molecule has 0 aromatic carbocycles. The number of rotatable bonds is 6. The van der Waals surface area contributed by atoms with Gasteiger partial charge in [0.1, 0.15) is 0 Å². The van der Waals surface area contributed by atoms with Crippen molar-refractivity contribution in [2.45, 2.75) is 38.8 Å². The van der Waals surface area contributed by atoms with E-state index in [4.69, 9.17) is 4.74 Å². The van der Waals surface area contributed by atoms with Gasteiger partial charge in [-0.3, -0.25) is 0 Å². The molecule has 6 heteroatoms. The van der Waals surface area contributed by atoms with Crippen molar-refractivity contribution in [2.75, 3.05) is 45.9 Å². The Bertz CT molecular complexity index is 317. The summed E-state index contributed by atoms with van der Waals surface area (Å²) in [6.07, 6.45) is -1.13. The van der Waals surface area contributed by atoms with Crippen molar-refractivity contribution in [1.82, 2.24) is 10.2 Å². The molecule has 2 aliphatic heterocycles. The standard InChI is InChI=1S/C15H27F3N2O/c1-2-6-19-10-14(5-8-21-12-14)11-20-7-3-4-13(9-20)15(16,17)18/h13,19H,2-12H2,1H3. The highest BCUT2D eigenvalue weighted by atomic mass is 19.4. The van der Waals surface area contributed by atoms with Crippen molar-refractivity contribution in [3.63, 3.8) is 0 Å². The van der Waals surface area contributed by atoms with Gasteiger partial charge >= 0.3 is 6.18 Å². The lowest BCUT2D eigenvalue weighted by atomic mass is 9.85. The predicted molar refractivity (Wildman–Crippen MR) is 76.2 cm³/mol. The second-order valence-corrected chi connectivity index (χ2v) is 6.60. The van der Waals surface area contributed by atoms with Crippen LogP contribution in [-0.2, 0) is 4.74 Å². The maximum Gasteiger partial charge on any atom is 0.393 e. The molecule has 0 bridgehead atoms. The Morgan fingerprint density at radius 1 is 1.38 bits per heavy atom. The van der Waals surface area contributed by atoms with Gasteiger partial charge in [-0.25, -0.2) is 0 Å². The molecule has 1 N–H and O–H groups in total. The maximum atomic E-state index is 12.9. The Hall–Kier alpha value is -0.330. The lowest BCUT2D eigenvalue weighted by Gasteiger charge is -2.39. The quantitative estimate of drug-likeness (QED) is 0.764. The minimum Gasteiger partial charge on any atom is -0.381 e. The van der Waals surface area contributed by atoms with Gasteiger partial charge in [-0.1, -0.05) is 6.92 Å². The van der Waals surface area contributed by atoms with Crippen molar-refractivity contribution < 1.29 is 17.9 Å². The topological polar surface area (TPSA) is 24.5 Å². The SMILES string of the molecule is CCCNCC1(CN2CCCC(C(F)(F)F)C2)CCOC1. The molecule has 2 fully saturated rings. The van der Waals surface area contributed by atoms with Crippen LogP contribution in [0.25, 0.3) is 0 Å². The summed E-state index contributed by atoms with van der Waals surface area (Å²) < 4.78 is 44.3. The highest BCUT2D eigenvalue weighted by Crippen LogP contribution is 2.35. The fraction of sp³-hybridized carbons (Fsp3) is 1.00. The minimum absolute atomic E-state index is 0.0113. The largest absolute Gasteiger partial charge is 0.393 e. The molecule has 0 aromatic heterocycles. The van der Waals surface area contributed by atoms with Gasteiger partial charge in [0, 0.05) is 31.7 Å². The second-order valence-electron chi connectivity index (χ2n) is 6.60. The zero-order valence-corrected chi connectivity index (χ0v) is 12.8. The van der Waals surface area contributed by atoms with E-state index >= 15 is 0 Å². The smallest absolute Gasteiger partial charge is 0.381 e. The molecule has 0 amide bonds. The van der Waals surface area contributed by atoms with Gasteiger partial charge in [-0.15, -0.1) is 0 Å². The number of hydrogen-bond acceptors (Lipinski definition) is 3. The first-order valence-electron chi connectivity index (χ1n) is 8.03. The number of nitrogens with one attached hydrogen (secondary N) is 1. The molecule has 2 rings (SSSR count). The lowest BCUT2D eigenvalue weighted by molar-refractivity contribution is -0.187. The van der Waals surface area contributed by atoms with Gasteiger partial charge in [0.05, 0.1) is 12.5 Å². The summed E-state index contributed by atoms with van der Waals surface area (Å²) in [5, 5.41) is 3.42. The van der Waals surface area contributed by atoms with E-state index in [1.165, 1.54) is 0 Å². The molecule has 124 valence electrons. The Kier molecular flexibility index (Phi) is 5.91. The summed E-state index contributed by atoms with van der Waals surface area (Å²) >= 11 is 0. The van der Waals surface area contributed by atoms with E-state index in [1.807, 2.05) is 4.90 Å². The molecule has 0 spiro atoms. The summed E-state index contributed by atoms with van der Waals surface area (Å²) in [5.74, 6) is -1.16. The number of ether oxygens (including phenoxy) is 1. The molecular weight excluding hydrogens is 281 g/mol. The molecular formula is C15H27F3N2O. The van der Waals surface area contributed by atoms with Crippen molar-refractivity contribution in [3.05, 3.63) is 0 Å². The third-order valence-electron chi connectivity index (χ3n) is 4.64. The third-order valence-corrected chi connectivity index (χ3v) is 4.64.